The number of pyridine rings is 1. The smallest absolute Gasteiger partial charge is 0.241 e. The molecule has 3 aromatic rings. The third-order valence-corrected chi connectivity index (χ3v) is 4.47. The summed E-state index contributed by atoms with van der Waals surface area (Å²) in [6.07, 6.45) is 5.56. The Morgan fingerprint density at radius 3 is 2.48 bits per heavy atom. The minimum Gasteiger partial charge on any atom is -0.337 e. The highest BCUT2D eigenvalue weighted by molar-refractivity contribution is 5.46. The summed E-state index contributed by atoms with van der Waals surface area (Å²) >= 11 is 0. The number of aryl methyl sites for hydroxylation is 1. The van der Waals surface area contributed by atoms with Crippen LogP contribution in [0, 0.1) is 0 Å². The quantitative estimate of drug-likeness (QED) is 0.691. The van der Waals surface area contributed by atoms with Crippen molar-refractivity contribution in [1.82, 2.24) is 34.5 Å². The maximum atomic E-state index is 5.38. The lowest BCUT2D eigenvalue weighted by Crippen LogP contribution is -2.45. The summed E-state index contributed by atoms with van der Waals surface area (Å²) in [5, 5.41) is 4.03. The Morgan fingerprint density at radius 1 is 1.00 bits per heavy atom. The summed E-state index contributed by atoms with van der Waals surface area (Å²) in [7, 11) is 2.04. The number of rotatable bonds is 5. The third kappa shape index (κ3) is 3.75. The van der Waals surface area contributed by atoms with Gasteiger partial charge in [-0.1, -0.05) is 11.2 Å². The van der Waals surface area contributed by atoms with Crippen molar-refractivity contribution in [1.29, 1.82) is 0 Å². The molecular formula is C17H21N7O. The van der Waals surface area contributed by atoms with Crippen molar-refractivity contribution >= 4 is 0 Å². The van der Waals surface area contributed by atoms with E-state index in [1.807, 2.05) is 37.6 Å². The highest BCUT2D eigenvalue weighted by Gasteiger charge is 2.20. The molecule has 0 amide bonds. The Morgan fingerprint density at radius 2 is 1.80 bits per heavy atom. The minimum absolute atomic E-state index is 0.545. The predicted octanol–water partition coefficient (Wildman–Crippen LogP) is 1.18. The summed E-state index contributed by atoms with van der Waals surface area (Å²) in [6, 6.07) is 5.67. The first-order valence-corrected chi connectivity index (χ1v) is 8.43. The molecule has 1 fully saturated rings. The molecule has 0 aliphatic carbocycles. The molecule has 0 aromatic carbocycles. The first kappa shape index (κ1) is 15.9. The standard InChI is InChI=1S/C17H21N7O/c1-22-7-6-19-15(22)12-23-8-10-24(11-9-23)13-16-20-17(21-25-16)14-4-2-3-5-18-14/h2-7H,8-13H2,1H3. The Labute approximate surface area is 146 Å². The Hall–Kier alpha value is -2.58. The molecule has 0 atom stereocenters. The number of aromatic nitrogens is 5. The molecule has 1 aliphatic heterocycles. The van der Waals surface area contributed by atoms with E-state index in [1.165, 1.54) is 0 Å². The van der Waals surface area contributed by atoms with E-state index in [0.717, 1.165) is 44.2 Å². The lowest BCUT2D eigenvalue weighted by atomic mass is 10.3. The van der Waals surface area contributed by atoms with Gasteiger partial charge < -0.3 is 9.09 Å². The average molecular weight is 339 g/mol. The van der Waals surface area contributed by atoms with Gasteiger partial charge in [0.1, 0.15) is 11.5 Å². The van der Waals surface area contributed by atoms with E-state index in [0.29, 0.717) is 18.3 Å². The van der Waals surface area contributed by atoms with Crippen molar-refractivity contribution in [3.8, 4) is 11.5 Å². The number of hydrogen-bond acceptors (Lipinski definition) is 7. The van der Waals surface area contributed by atoms with Crippen LogP contribution in [0.1, 0.15) is 11.7 Å². The van der Waals surface area contributed by atoms with Crippen molar-refractivity contribution in [2.75, 3.05) is 26.2 Å². The lowest BCUT2D eigenvalue weighted by molar-refractivity contribution is 0.109. The average Bonchev–Trinajstić information content (AvgIpc) is 3.27. The Bertz CT molecular complexity index is 805. The second-order valence-corrected chi connectivity index (χ2v) is 6.23. The molecule has 8 heteroatoms. The minimum atomic E-state index is 0.545. The molecular weight excluding hydrogens is 318 g/mol. The van der Waals surface area contributed by atoms with Crippen LogP contribution in [0.3, 0.4) is 0 Å². The molecule has 0 saturated carbocycles. The largest absolute Gasteiger partial charge is 0.337 e. The van der Waals surface area contributed by atoms with Crippen molar-refractivity contribution in [2.24, 2.45) is 7.05 Å². The summed E-state index contributed by atoms with van der Waals surface area (Å²) in [4.78, 5) is 17.9. The molecule has 0 spiro atoms. The van der Waals surface area contributed by atoms with Gasteiger partial charge >= 0.3 is 0 Å². The van der Waals surface area contributed by atoms with Gasteiger partial charge in [-0.15, -0.1) is 0 Å². The Kier molecular flexibility index (Phi) is 4.53. The van der Waals surface area contributed by atoms with Crippen LogP contribution in [-0.4, -0.2) is 60.7 Å². The molecule has 3 aromatic heterocycles. The highest BCUT2D eigenvalue weighted by Crippen LogP contribution is 2.14. The van der Waals surface area contributed by atoms with Crippen LogP contribution >= 0.6 is 0 Å². The van der Waals surface area contributed by atoms with Crippen molar-refractivity contribution in [2.45, 2.75) is 13.1 Å². The summed E-state index contributed by atoms with van der Waals surface area (Å²) in [5.41, 5.74) is 0.734. The highest BCUT2D eigenvalue weighted by atomic mass is 16.5. The van der Waals surface area contributed by atoms with Gasteiger partial charge in [-0.2, -0.15) is 4.98 Å². The molecule has 0 bridgehead atoms. The van der Waals surface area contributed by atoms with Crippen LogP contribution in [0.4, 0.5) is 0 Å². The first-order valence-electron chi connectivity index (χ1n) is 8.43. The second-order valence-electron chi connectivity index (χ2n) is 6.23. The van der Waals surface area contributed by atoms with Crippen LogP contribution in [0.25, 0.3) is 11.5 Å². The van der Waals surface area contributed by atoms with Gasteiger partial charge in [0.2, 0.25) is 11.7 Å². The third-order valence-electron chi connectivity index (χ3n) is 4.47. The van der Waals surface area contributed by atoms with E-state index >= 15 is 0 Å². The zero-order chi connectivity index (χ0) is 17.1. The SMILES string of the molecule is Cn1ccnc1CN1CCN(Cc2nc(-c3ccccn3)no2)CC1. The molecule has 4 rings (SSSR count). The summed E-state index contributed by atoms with van der Waals surface area (Å²) in [6.45, 7) is 5.54. The maximum absolute atomic E-state index is 5.38. The fourth-order valence-electron chi connectivity index (χ4n) is 2.96. The van der Waals surface area contributed by atoms with E-state index in [9.17, 15) is 0 Å². The second kappa shape index (κ2) is 7.12. The normalized spacial score (nSPS) is 16.4. The summed E-state index contributed by atoms with van der Waals surface area (Å²) < 4.78 is 7.45. The summed E-state index contributed by atoms with van der Waals surface area (Å²) in [5.74, 6) is 2.28. The van der Waals surface area contributed by atoms with Crippen LogP contribution in [-0.2, 0) is 20.1 Å². The number of hydrogen-bond donors (Lipinski definition) is 0. The molecule has 8 nitrogen and oxygen atoms in total. The van der Waals surface area contributed by atoms with Gasteiger partial charge in [0.25, 0.3) is 0 Å². The molecule has 25 heavy (non-hydrogen) atoms. The topological polar surface area (TPSA) is 76.1 Å². The van der Waals surface area contributed by atoms with Gasteiger partial charge in [0.15, 0.2) is 0 Å². The predicted molar refractivity (Wildman–Crippen MR) is 91.3 cm³/mol. The van der Waals surface area contributed by atoms with Crippen molar-refractivity contribution in [3.05, 3.63) is 48.5 Å². The molecule has 0 N–H and O–H groups in total. The zero-order valence-corrected chi connectivity index (χ0v) is 14.2. The van der Waals surface area contributed by atoms with E-state index in [2.05, 4.69) is 34.5 Å². The first-order chi connectivity index (χ1) is 12.3. The number of nitrogens with zero attached hydrogens (tertiary/aromatic N) is 7. The van der Waals surface area contributed by atoms with Crippen molar-refractivity contribution < 1.29 is 4.52 Å². The molecule has 0 unspecified atom stereocenters. The lowest BCUT2D eigenvalue weighted by Gasteiger charge is -2.33. The number of imidazole rings is 1. The molecule has 1 saturated heterocycles. The zero-order valence-electron chi connectivity index (χ0n) is 14.2. The van der Waals surface area contributed by atoms with Crippen LogP contribution in [0.15, 0.2) is 41.3 Å². The molecule has 1 aliphatic rings. The van der Waals surface area contributed by atoms with E-state index < -0.39 is 0 Å². The monoisotopic (exact) mass is 339 g/mol. The van der Waals surface area contributed by atoms with Crippen molar-refractivity contribution in [3.63, 3.8) is 0 Å². The van der Waals surface area contributed by atoms with Gasteiger partial charge in [-0.25, -0.2) is 4.98 Å². The Balaban J connectivity index is 1.30. The van der Waals surface area contributed by atoms with E-state index in [1.54, 1.807) is 6.20 Å². The fourth-order valence-corrected chi connectivity index (χ4v) is 2.96. The maximum Gasteiger partial charge on any atom is 0.241 e. The molecule has 130 valence electrons. The van der Waals surface area contributed by atoms with Crippen LogP contribution in [0.5, 0.6) is 0 Å². The van der Waals surface area contributed by atoms with Crippen LogP contribution < -0.4 is 0 Å². The molecule has 0 radical (unpaired) electrons. The fraction of sp³-hybridized carbons (Fsp3) is 0.412. The van der Waals surface area contributed by atoms with Gasteiger partial charge in [0, 0.05) is 51.8 Å². The van der Waals surface area contributed by atoms with Gasteiger partial charge in [0.05, 0.1) is 13.1 Å². The van der Waals surface area contributed by atoms with Crippen LogP contribution in [0.2, 0.25) is 0 Å². The van der Waals surface area contributed by atoms with E-state index in [-0.39, 0.29) is 0 Å². The number of piperazine rings is 1. The van der Waals surface area contributed by atoms with Gasteiger partial charge in [-0.3, -0.25) is 14.8 Å². The molecule has 4 heterocycles. The van der Waals surface area contributed by atoms with E-state index in [4.69, 9.17) is 4.52 Å². The van der Waals surface area contributed by atoms with Gasteiger partial charge in [-0.05, 0) is 12.1 Å².